The molecule has 2 aromatic carbocycles. The number of hydrogen-bond donors (Lipinski definition) is 2. The Morgan fingerprint density at radius 1 is 0.870 bits per heavy atom. The van der Waals surface area contributed by atoms with Gasteiger partial charge in [0.15, 0.2) is 0 Å². The molecule has 0 radical (unpaired) electrons. The average Bonchev–Trinajstić information content (AvgIpc) is 2.57. The molecular formula is C18H19FN2O2. The second-order valence-electron chi connectivity index (χ2n) is 5.06. The molecule has 0 aliphatic carbocycles. The van der Waals surface area contributed by atoms with Crippen molar-refractivity contribution in [3.8, 4) is 0 Å². The maximum Gasteiger partial charge on any atom is 0.251 e. The van der Waals surface area contributed by atoms with Crippen molar-refractivity contribution in [1.29, 1.82) is 0 Å². The van der Waals surface area contributed by atoms with Gasteiger partial charge >= 0.3 is 0 Å². The van der Waals surface area contributed by atoms with Crippen molar-refractivity contribution in [1.82, 2.24) is 10.6 Å². The first kappa shape index (κ1) is 16.7. The minimum atomic E-state index is -0.267. The van der Waals surface area contributed by atoms with Crippen molar-refractivity contribution in [2.24, 2.45) is 0 Å². The van der Waals surface area contributed by atoms with E-state index in [-0.39, 0.29) is 30.6 Å². The Bertz CT molecular complexity index is 659. The van der Waals surface area contributed by atoms with Gasteiger partial charge in [0.2, 0.25) is 5.91 Å². The number of halogens is 1. The van der Waals surface area contributed by atoms with Crippen LogP contribution >= 0.6 is 0 Å². The van der Waals surface area contributed by atoms with E-state index < -0.39 is 0 Å². The van der Waals surface area contributed by atoms with Gasteiger partial charge in [-0.3, -0.25) is 9.59 Å². The molecule has 0 heterocycles. The highest BCUT2D eigenvalue weighted by molar-refractivity contribution is 5.94. The summed E-state index contributed by atoms with van der Waals surface area (Å²) >= 11 is 0. The Morgan fingerprint density at radius 3 is 2.30 bits per heavy atom. The van der Waals surface area contributed by atoms with Gasteiger partial charge in [-0.2, -0.15) is 0 Å². The van der Waals surface area contributed by atoms with Gasteiger partial charge in [0, 0.05) is 25.1 Å². The third-order valence-corrected chi connectivity index (χ3v) is 3.35. The van der Waals surface area contributed by atoms with E-state index in [1.54, 1.807) is 42.5 Å². The van der Waals surface area contributed by atoms with Crippen LogP contribution in [0.5, 0.6) is 0 Å². The van der Waals surface area contributed by atoms with Crippen LogP contribution in [0, 0.1) is 5.82 Å². The molecule has 5 heteroatoms. The normalized spacial score (nSPS) is 10.1. The van der Waals surface area contributed by atoms with Gasteiger partial charge < -0.3 is 10.6 Å². The molecule has 23 heavy (non-hydrogen) atoms. The zero-order valence-corrected chi connectivity index (χ0v) is 12.7. The summed E-state index contributed by atoms with van der Waals surface area (Å²) in [6.07, 6.45) is 0.630. The number of nitrogens with one attached hydrogen (secondary N) is 2. The summed E-state index contributed by atoms with van der Waals surface area (Å²) in [7, 11) is 0. The highest BCUT2D eigenvalue weighted by Gasteiger charge is 2.06. The highest BCUT2D eigenvalue weighted by atomic mass is 19.1. The van der Waals surface area contributed by atoms with Crippen LogP contribution in [-0.2, 0) is 11.2 Å². The predicted octanol–water partition coefficient (Wildman–Crippen LogP) is 2.30. The van der Waals surface area contributed by atoms with Crippen LogP contribution in [0.3, 0.4) is 0 Å². The van der Waals surface area contributed by atoms with Crippen molar-refractivity contribution >= 4 is 11.8 Å². The van der Waals surface area contributed by atoms with Gasteiger partial charge in [0.25, 0.3) is 5.91 Å². The molecule has 0 aliphatic rings. The van der Waals surface area contributed by atoms with Crippen molar-refractivity contribution in [3.63, 3.8) is 0 Å². The lowest BCUT2D eigenvalue weighted by Gasteiger charge is -2.07. The summed E-state index contributed by atoms with van der Waals surface area (Å²) in [5, 5.41) is 5.40. The topological polar surface area (TPSA) is 58.2 Å². The van der Waals surface area contributed by atoms with E-state index in [9.17, 15) is 14.0 Å². The Balaban J connectivity index is 1.64. The molecule has 0 saturated carbocycles. The maximum absolute atomic E-state index is 13.4. The Hall–Kier alpha value is -2.69. The molecule has 0 fully saturated rings. The largest absolute Gasteiger partial charge is 0.356 e. The van der Waals surface area contributed by atoms with Crippen LogP contribution in [0.4, 0.5) is 4.39 Å². The summed E-state index contributed by atoms with van der Waals surface area (Å²) in [4.78, 5) is 23.5. The lowest BCUT2D eigenvalue weighted by atomic mass is 10.1. The molecule has 0 atom stereocenters. The van der Waals surface area contributed by atoms with E-state index in [2.05, 4.69) is 10.6 Å². The van der Waals surface area contributed by atoms with Crippen LogP contribution in [0.15, 0.2) is 54.6 Å². The zero-order valence-electron chi connectivity index (χ0n) is 12.7. The Kier molecular flexibility index (Phi) is 6.29. The molecule has 0 spiro atoms. The van der Waals surface area contributed by atoms with Crippen molar-refractivity contribution in [3.05, 3.63) is 71.5 Å². The van der Waals surface area contributed by atoms with Gasteiger partial charge in [-0.25, -0.2) is 4.39 Å². The minimum Gasteiger partial charge on any atom is -0.356 e. The molecule has 4 nitrogen and oxygen atoms in total. The number of amides is 2. The van der Waals surface area contributed by atoms with Crippen LogP contribution in [0.25, 0.3) is 0 Å². The summed E-state index contributed by atoms with van der Waals surface area (Å²) in [5.74, 6) is -0.642. The number of benzene rings is 2. The second kappa shape index (κ2) is 8.68. The monoisotopic (exact) mass is 314 g/mol. The van der Waals surface area contributed by atoms with Gasteiger partial charge in [-0.15, -0.1) is 0 Å². The molecule has 2 N–H and O–H groups in total. The molecular weight excluding hydrogens is 295 g/mol. The third-order valence-electron chi connectivity index (χ3n) is 3.35. The van der Waals surface area contributed by atoms with E-state index >= 15 is 0 Å². The van der Waals surface area contributed by atoms with Crippen LogP contribution < -0.4 is 10.6 Å². The van der Waals surface area contributed by atoms with E-state index in [0.29, 0.717) is 24.1 Å². The summed E-state index contributed by atoms with van der Waals surface area (Å²) in [5.41, 5.74) is 1.14. The van der Waals surface area contributed by atoms with Crippen molar-refractivity contribution < 1.29 is 14.0 Å². The fraction of sp³-hybridized carbons (Fsp3) is 0.222. The van der Waals surface area contributed by atoms with Gasteiger partial charge in [-0.05, 0) is 30.2 Å². The van der Waals surface area contributed by atoms with Crippen molar-refractivity contribution in [2.45, 2.75) is 12.8 Å². The zero-order chi connectivity index (χ0) is 16.5. The number of carbonyl (C=O) groups excluding carboxylic acids is 2. The minimum absolute atomic E-state index is 0.172. The highest BCUT2D eigenvalue weighted by Crippen LogP contribution is 2.06. The quantitative estimate of drug-likeness (QED) is 0.824. The van der Waals surface area contributed by atoms with Crippen LogP contribution in [0.2, 0.25) is 0 Å². The van der Waals surface area contributed by atoms with Crippen LogP contribution in [-0.4, -0.2) is 24.9 Å². The number of rotatable bonds is 7. The average molecular weight is 314 g/mol. The summed E-state index contributed by atoms with van der Waals surface area (Å²) in [6, 6.07) is 15.3. The summed E-state index contributed by atoms with van der Waals surface area (Å²) < 4.78 is 13.4. The van der Waals surface area contributed by atoms with Crippen LogP contribution in [0.1, 0.15) is 22.3 Å². The molecule has 0 saturated heterocycles. The first-order chi connectivity index (χ1) is 11.2. The fourth-order valence-corrected chi connectivity index (χ4v) is 2.11. The van der Waals surface area contributed by atoms with E-state index in [1.165, 1.54) is 6.07 Å². The van der Waals surface area contributed by atoms with E-state index in [4.69, 9.17) is 0 Å². The molecule has 0 aromatic heterocycles. The standard InChI is InChI=1S/C18H19FN2O2/c19-16-9-5-4-6-14(16)10-12-20-17(22)11-13-21-18(23)15-7-2-1-3-8-15/h1-9H,10-13H2,(H,20,22)(H,21,23). The molecule has 0 bridgehead atoms. The predicted molar refractivity (Wildman–Crippen MR) is 86.5 cm³/mol. The van der Waals surface area contributed by atoms with Gasteiger partial charge in [-0.1, -0.05) is 36.4 Å². The SMILES string of the molecule is O=C(CCNC(=O)c1ccccc1)NCCc1ccccc1F. The van der Waals surface area contributed by atoms with E-state index in [0.717, 1.165) is 0 Å². The molecule has 2 aromatic rings. The molecule has 0 aliphatic heterocycles. The number of carbonyl (C=O) groups is 2. The fourth-order valence-electron chi connectivity index (χ4n) is 2.11. The van der Waals surface area contributed by atoms with Gasteiger partial charge in [0.05, 0.1) is 0 Å². The molecule has 0 unspecified atom stereocenters. The van der Waals surface area contributed by atoms with Gasteiger partial charge in [0.1, 0.15) is 5.82 Å². The first-order valence-corrected chi connectivity index (χ1v) is 7.50. The molecule has 120 valence electrons. The lowest BCUT2D eigenvalue weighted by molar-refractivity contribution is -0.120. The lowest BCUT2D eigenvalue weighted by Crippen LogP contribution is -2.31. The third kappa shape index (κ3) is 5.54. The molecule has 2 amide bonds. The Labute approximate surface area is 134 Å². The molecule has 2 rings (SSSR count). The Morgan fingerprint density at radius 2 is 1.57 bits per heavy atom. The second-order valence-corrected chi connectivity index (χ2v) is 5.06. The summed E-state index contributed by atoms with van der Waals surface area (Å²) in [6.45, 7) is 0.631. The number of hydrogen-bond acceptors (Lipinski definition) is 2. The van der Waals surface area contributed by atoms with E-state index in [1.807, 2.05) is 6.07 Å². The first-order valence-electron chi connectivity index (χ1n) is 7.50. The van der Waals surface area contributed by atoms with Crippen molar-refractivity contribution in [2.75, 3.05) is 13.1 Å². The maximum atomic E-state index is 13.4. The smallest absolute Gasteiger partial charge is 0.251 e.